The van der Waals surface area contributed by atoms with Crippen molar-refractivity contribution in [3.63, 3.8) is 0 Å². The molecule has 2 amide bonds. The summed E-state index contributed by atoms with van der Waals surface area (Å²) >= 11 is 0. The molecule has 1 aromatic carbocycles. The van der Waals surface area contributed by atoms with Crippen molar-refractivity contribution < 1.29 is 9.59 Å². The highest BCUT2D eigenvalue weighted by atomic mass is 16.2. The Morgan fingerprint density at radius 1 is 1.20 bits per heavy atom. The summed E-state index contributed by atoms with van der Waals surface area (Å²) in [6.07, 6.45) is 4.58. The number of benzene rings is 1. The largest absolute Gasteiger partial charge is 0.350 e. The van der Waals surface area contributed by atoms with Crippen molar-refractivity contribution in [3.8, 4) is 0 Å². The summed E-state index contributed by atoms with van der Waals surface area (Å²) < 4.78 is 0. The third-order valence-corrected chi connectivity index (χ3v) is 3.84. The quantitative estimate of drug-likeness (QED) is 0.895. The van der Waals surface area contributed by atoms with Gasteiger partial charge in [-0.1, -0.05) is 31.0 Å². The van der Waals surface area contributed by atoms with Gasteiger partial charge in [-0.2, -0.15) is 0 Å². The highest BCUT2D eigenvalue weighted by Gasteiger charge is 2.24. The first-order valence-corrected chi connectivity index (χ1v) is 7.29. The lowest BCUT2D eigenvalue weighted by molar-refractivity contribution is -0.130. The van der Waals surface area contributed by atoms with E-state index in [9.17, 15) is 9.59 Å². The number of amides is 2. The Hall–Kier alpha value is -1.84. The van der Waals surface area contributed by atoms with Crippen molar-refractivity contribution >= 4 is 11.8 Å². The minimum atomic E-state index is -0.0828. The fourth-order valence-electron chi connectivity index (χ4n) is 2.79. The van der Waals surface area contributed by atoms with Gasteiger partial charge in [0.15, 0.2) is 0 Å². The Morgan fingerprint density at radius 2 is 1.85 bits per heavy atom. The van der Waals surface area contributed by atoms with E-state index in [4.69, 9.17) is 0 Å². The van der Waals surface area contributed by atoms with Crippen LogP contribution in [0.1, 0.15) is 43.0 Å². The molecule has 1 aromatic rings. The molecule has 1 aliphatic carbocycles. The third kappa shape index (κ3) is 3.83. The van der Waals surface area contributed by atoms with E-state index in [1.807, 2.05) is 23.1 Å². The van der Waals surface area contributed by atoms with E-state index in [1.54, 1.807) is 19.1 Å². The lowest BCUT2D eigenvalue weighted by Gasteiger charge is -2.27. The van der Waals surface area contributed by atoms with Crippen LogP contribution in [-0.4, -0.2) is 35.8 Å². The van der Waals surface area contributed by atoms with E-state index in [-0.39, 0.29) is 11.8 Å². The minimum Gasteiger partial charge on any atom is -0.350 e. The number of hydrogen-bond acceptors (Lipinski definition) is 2. The molecule has 0 unspecified atom stereocenters. The van der Waals surface area contributed by atoms with E-state index < -0.39 is 0 Å². The van der Waals surface area contributed by atoms with Crippen molar-refractivity contribution in [2.45, 2.75) is 38.6 Å². The second-order valence-corrected chi connectivity index (χ2v) is 5.27. The van der Waals surface area contributed by atoms with Gasteiger partial charge in [-0.25, -0.2) is 0 Å². The van der Waals surface area contributed by atoms with Crippen molar-refractivity contribution in [1.29, 1.82) is 0 Å². The zero-order valence-corrected chi connectivity index (χ0v) is 12.0. The molecule has 0 bridgehead atoms. The van der Waals surface area contributed by atoms with Crippen LogP contribution in [0.15, 0.2) is 30.3 Å². The van der Waals surface area contributed by atoms with Crippen molar-refractivity contribution in [1.82, 2.24) is 10.2 Å². The number of nitrogens with zero attached hydrogens (tertiary/aromatic N) is 1. The van der Waals surface area contributed by atoms with Gasteiger partial charge in [-0.05, 0) is 25.0 Å². The van der Waals surface area contributed by atoms with Crippen molar-refractivity contribution in [2.24, 2.45) is 0 Å². The van der Waals surface area contributed by atoms with Gasteiger partial charge >= 0.3 is 0 Å². The standard InChI is InChI=1S/C16H22N2O2/c1-13(19)18(15-9-5-6-10-15)12-11-17-16(20)14-7-3-2-4-8-14/h2-4,7-8,15H,5-6,9-12H2,1H3,(H,17,20). The second kappa shape index (κ2) is 7.08. The summed E-state index contributed by atoms with van der Waals surface area (Å²) in [6, 6.07) is 9.50. The molecule has 1 fully saturated rings. The van der Waals surface area contributed by atoms with Gasteiger partial charge in [-0.3, -0.25) is 9.59 Å². The summed E-state index contributed by atoms with van der Waals surface area (Å²) in [5.74, 6) is 0.0198. The fourth-order valence-corrected chi connectivity index (χ4v) is 2.79. The molecule has 4 nitrogen and oxygen atoms in total. The maximum Gasteiger partial charge on any atom is 0.251 e. The number of rotatable bonds is 5. The predicted molar refractivity (Wildman–Crippen MR) is 78.4 cm³/mol. The summed E-state index contributed by atoms with van der Waals surface area (Å²) in [5.41, 5.74) is 0.655. The molecule has 0 saturated heterocycles. The van der Waals surface area contributed by atoms with E-state index in [1.165, 1.54) is 12.8 Å². The van der Waals surface area contributed by atoms with Crippen LogP contribution in [0.5, 0.6) is 0 Å². The van der Waals surface area contributed by atoms with E-state index in [2.05, 4.69) is 5.32 Å². The topological polar surface area (TPSA) is 49.4 Å². The minimum absolute atomic E-state index is 0.0828. The van der Waals surface area contributed by atoms with Crippen LogP contribution >= 0.6 is 0 Å². The van der Waals surface area contributed by atoms with Crippen LogP contribution in [0, 0.1) is 0 Å². The highest BCUT2D eigenvalue weighted by Crippen LogP contribution is 2.23. The summed E-state index contributed by atoms with van der Waals surface area (Å²) in [4.78, 5) is 25.5. The molecule has 2 rings (SSSR count). The Balaban J connectivity index is 1.81. The average Bonchev–Trinajstić information content (AvgIpc) is 2.97. The maximum absolute atomic E-state index is 11.9. The van der Waals surface area contributed by atoms with E-state index in [0.29, 0.717) is 24.7 Å². The third-order valence-electron chi connectivity index (χ3n) is 3.84. The normalized spacial score (nSPS) is 15.1. The lowest BCUT2D eigenvalue weighted by Crippen LogP contribution is -2.42. The maximum atomic E-state index is 11.9. The van der Waals surface area contributed by atoms with Crippen LogP contribution in [0.4, 0.5) is 0 Å². The molecular formula is C16H22N2O2. The zero-order chi connectivity index (χ0) is 14.4. The number of carbonyl (C=O) groups excluding carboxylic acids is 2. The van der Waals surface area contributed by atoms with Crippen molar-refractivity contribution in [3.05, 3.63) is 35.9 Å². The first-order valence-electron chi connectivity index (χ1n) is 7.29. The van der Waals surface area contributed by atoms with Crippen LogP contribution in [0.2, 0.25) is 0 Å². The molecule has 0 heterocycles. The predicted octanol–water partition coefficient (Wildman–Crippen LogP) is 2.21. The SMILES string of the molecule is CC(=O)N(CCNC(=O)c1ccccc1)C1CCCC1. The lowest BCUT2D eigenvalue weighted by atomic mass is 10.2. The monoisotopic (exact) mass is 274 g/mol. The zero-order valence-electron chi connectivity index (χ0n) is 12.0. The molecule has 0 aliphatic heterocycles. The summed E-state index contributed by atoms with van der Waals surface area (Å²) in [5, 5.41) is 2.87. The number of carbonyl (C=O) groups is 2. The van der Waals surface area contributed by atoms with Gasteiger partial charge in [0.2, 0.25) is 5.91 Å². The molecule has 4 heteroatoms. The molecule has 108 valence electrons. The van der Waals surface area contributed by atoms with Crippen LogP contribution < -0.4 is 5.32 Å². The molecular weight excluding hydrogens is 252 g/mol. The molecule has 1 aliphatic rings. The first-order chi connectivity index (χ1) is 9.68. The Morgan fingerprint density at radius 3 is 2.45 bits per heavy atom. The highest BCUT2D eigenvalue weighted by molar-refractivity contribution is 5.94. The van der Waals surface area contributed by atoms with Gasteiger partial charge < -0.3 is 10.2 Å². The Labute approximate surface area is 120 Å². The van der Waals surface area contributed by atoms with Gasteiger partial charge in [0.05, 0.1) is 0 Å². The van der Waals surface area contributed by atoms with E-state index in [0.717, 1.165) is 12.8 Å². The first kappa shape index (κ1) is 14.6. The van der Waals surface area contributed by atoms with E-state index >= 15 is 0 Å². The van der Waals surface area contributed by atoms with Crippen LogP contribution in [0.3, 0.4) is 0 Å². The number of nitrogens with one attached hydrogen (secondary N) is 1. The molecule has 0 spiro atoms. The average molecular weight is 274 g/mol. The van der Waals surface area contributed by atoms with Gasteiger partial charge in [0.1, 0.15) is 0 Å². The second-order valence-electron chi connectivity index (χ2n) is 5.27. The molecule has 0 aromatic heterocycles. The van der Waals surface area contributed by atoms with Crippen LogP contribution in [-0.2, 0) is 4.79 Å². The summed E-state index contributed by atoms with van der Waals surface area (Å²) in [6.45, 7) is 2.71. The smallest absolute Gasteiger partial charge is 0.251 e. The summed E-state index contributed by atoms with van der Waals surface area (Å²) in [7, 11) is 0. The molecule has 1 saturated carbocycles. The molecule has 1 N–H and O–H groups in total. The van der Waals surface area contributed by atoms with Gasteiger partial charge in [0, 0.05) is 31.6 Å². The number of hydrogen-bond donors (Lipinski definition) is 1. The van der Waals surface area contributed by atoms with Gasteiger partial charge in [-0.15, -0.1) is 0 Å². The van der Waals surface area contributed by atoms with Crippen LogP contribution in [0.25, 0.3) is 0 Å². The molecule has 20 heavy (non-hydrogen) atoms. The fraction of sp³-hybridized carbons (Fsp3) is 0.500. The van der Waals surface area contributed by atoms with Crippen molar-refractivity contribution in [2.75, 3.05) is 13.1 Å². The molecule has 0 radical (unpaired) electrons. The Kier molecular flexibility index (Phi) is 5.16. The van der Waals surface area contributed by atoms with Gasteiger partial charge in [0.25, 0.3) is 5.91 Å². The Bertz CT molecular complexity index is 453. The molecule has 0 atom stereocenters.